The highest BCUT2D eigenvalue weighted by molar-refractivity contribution is 5.33. The van der Waals surface area contributed by atoms with Gasteiger partial charge in [-0.1, -0.05) is 0 Å². The number of hydrogen-bond acceptors (Lipinski definition) is 8. The predicted molar refractivity (Wildman–Crippen MR) is 113 cm³/mol. The highest BCUT2D eigenvalue weighted by Crippen LogP contribution is 2.38. The number of nitrogens with zero attached hydrogens (tertiary/aromatic N) is 4. The van der Waals surface area contributed by atoms with Gasteiger partial charge in [0.25, 0.3) is 0 Å². The summed E-state index contributed by atoms with van der Waals surface area (Å²) >= 11 is 0. The Morgan fingerprint density at radius 1 is 0.667 bits per heavy atom. The lowest BCUT2D eigenvalue weighted by Gasteiger charge is -2.54. The molecule has 0 bridgehead atoms. The summed E-state index contributed by atoms with van der Waals surface area (Å²) in [5, 5.41) is 21.4. The third-order valence-electron chi connectivity index (χ3n) is 5.58. The largest absolute Gasteiger partial charge is 0.379 e. The maximum atomic E-state index is 10.7. The highest BCUT2D eigenvalue weighted by atomic mass is 16.5. The molecule has 2 fully saturated rings. The number of hydrogen-bond donors (Lipinski definition) is 0. The van der Waals surface area contributed by atoms with Gasteiger partial charge >= 0.3 is 0 Å². The van der Waals surface area contributed by atoms with Crippen LogP contribution < -0.4 is 0 Å². The molecule has 0 amide bonds. The van der Waals surface area contributed by atoms with E-state index in [1.165, 1.54) is 0 Å². The zero-order valence-electron chi connectivity index (χ0n) is 19.5. The van der Waals surface area contributed by atoms with Crippen LogP contribution in [0.3, 0.4) is 0 Å². The van der Waals surface area contributed by atoms with Crippen molar-refractivity contribution in [2.24, 2.45) is 0 Å². The lowest BCUT2D eigenvalue weighted by atomic mass is 9.75. The van der Waals surface area contributed by atoms with Crippen LogP contribution in [-0.2, 0) is 18.9 Å². The summed E-state index contributed by atoms with van der Waals surface area (Å²) < 4.78 is 23.5. The Morgan fingerprint density at radius 3 is 1.20 bits per heavy atom. The van der Waals surface area contributed by atoms with Crippen molar-refractivity contribution in [3.8, 4) is 12.1 Å². The van der Waals surface area contributed by atoms with Gasteiger partial charge < -0.3 is 18.9 Å². The second kappa shape index (κ2) is 9.91. The molecule has 2 saturated heterocycles. The fraction of sp³-hybridized carbons (Fsp3) is 0.909. The molecule has 2 aliphatic heterocycles. The zero-order chi connectivity index (χ0) is 22.5. The average molecular weight is 423 g/mol. The average Bonchev–Trinajstić information content (AvgIpc) is 2.71. The Hall–Kier alpha value is -1.26. The Morgan fingerprint density at radius 2 is 0.967 bits per heavy atom. The maximum absolute atomic E-state index is 10.7. The molecular formula is C22H38N4O4. The van der Waals surface area contributed by atoms with Gasteiger partial charge in [0.1, 0.15) is 0 Å². The number of rotatable bonds is 7. The van der Waals surface area contributed by atoms with Crippen LogP contribution >= 0.6 is 0 Å². The summed E-state index contributed by atoms with van der Waals surface area (Å²) in [5.74, 6) is 0. The molecule has 170 valence electrons. The summed E-state index contributed by atoms with van der Waals surface area (Å²) in [6.45, 7) is 16.3. The molecular weight excluding hydrogens is 384 g/mol. The summed E-state index contributed by atoms with van der Waals surface area (Å²) in [5.41, 5.74) is -3.35. The minimum Gasteiger partial charge on any atom is -0.379 e. The van der Waals surface area contributed by atoms with Crippen LogP contribution in [0.4, 0.5) is 0 Å². The van der Waals surface area contributed by atoms with Crippen LogP contribution in [-0.4, -0.2) is 97.9 Å². The maximum Gasteiger partial charge on any atom is 0.167 e. The van der Waals surface area contributed by atoms with E-state index in [0.29, 0.717) is 52.6 Å². The van der Waals surface area contributed by atoms with Gasteiger partial charge in [0.15, 0.2) is 11.1 Å². The van der Waals surface area contributed by atoms with Gasteiger partial charge in [-0.25, -0.2) is 0 Å². The van der Waals surface area contributed by atoms with Crippen LogP contribution in [0.2, 0.25) is 0 Å². The highest BCUT2D eigenvalue weighted by Gasteiger charge is 2.61. The van der Waals surface area contributed by atoms with Gasteiger partial charge in [0, 0.05) is 26.2 Å². The molecule has 2 aliphatic rings. The summed E-state index contributed by atoms with van der Waals surface area (Å²) in [6.07, 6.45) is 0. The van der Waals surface area contributed by atoms with E-state index in [-0.39, 0.29) is 13.2 Å². The van der Waals surface area contributed by atoms with Crippen LogP contribution in [0.15, 0.2) is 0 Å². The Bertz CT molecular complexity index is 577. The first-order valence-corrected chi connectivity index (χ1v) is 10.8. The molecule has 0 saturated carbocycles. The molecule has 2 atom stereocenters. The van der Waals surface area contributed by atoms with E-state index in [0.717, 1.165) is 0 Å². The molecule has 8 heteroatoms. The number of nitriles is 2. The standard InChI is InChI=1S/C22H38N4O4/c1-19(2,3)29-17-21(15-23,25-7-11-27-12-8-25)22(16-24,18-30-20(4,5)6)26-9-13-28-14-10-26/h7-14,17-18H2,1-6H3. The molecule has 8 nitrogen and oxygen atoms in total. The second-order valence-electron chi connectivity index (χ2n) is 9.95. The van der Waals surface area contributed by atoms with Crippen LogP contribution in [0.1, 0.15) is 41.5 Å². The van der Waals surface area contributed by atoms with Crippen LogP contribution in [0.25, 0.3) is 0 Å². The van der Waals surface area contributed by atoms with Crippen LogP contribution in [0, 0.1) is 22.7 Å². The molecule has 2 rings (SSSR count). The van der Waals surface area contributed by atoms with E-state index in [1.807, 2.05) is 41.5 Å². The Balaban J connectivity index is 2.58. The third-order valence-corrected chi connectivity index (χ3v) is 5.58. The molecule has 0 radical (unpaired) electrons. The van der Waals surface area contributed by atoms with E-state index < -0.39 is 22.3 Å². The van der Waals surface area contributed by atoms with Crippen molar-refractivity contribution in [3.05, 3.63) is 0 Å². The van der Waals surface area contributed by atoms with Gasteiger partial charge in [-0.3, -0.25) is 9.80 Å². The molecule has 2 unspecified atom stereocenters. The Kier molecular flexibility index (Phi) is 8.26. The molecule has 30 heavy (non-hydrogen) atoms. The van der Waals surface area contributed by atoms with Gasteiger partial charge in [-0.2, -0.15) is 10.5 Å². The van der Waals surface area contributed by atoms with E-state index in [1.54, 1.807) is 0 Å². The quantitative estimate of drug-likeness (QED) is 0.613. The van der Waals surface area contributed by atoms with Crippen molar-refractivity contribution in [3.63, 3.8) is 0 Å². The van der Waals surface area contributed by atoms with Crippen molar-refractivity contribution < 1.29 is 18.9 Å². The number of morpholine rings is 2. The van der Waals surface area contributed by atoms with Crippen LogP contribution in [0.5, 0.6) is 0 Å². The van der Waals surface area contributed by atoms with Crippen molar-refractivity contribution in [1.29, 1.82) is 10.5 Å². The van der Waals surface area contributed by atoms with Gasteiger partial charge in [0.05, 0.1) is 63.0 Å². The zero-order valence-corrected chi connectivity index (χ0v) is 19.5. The molecule has 0 N–H and O–H groups in total. The second-order valence-corrected chi connectivity index (χ2v) is 9.95. The first-order chi connectivity index (χ1) is 14.0. The first kappa shape index (κ1) is 25.0. The predicted octanol–water partition coefficient (Wildman–Crippen LogP) is 1.81. The van der Waals surface area contributed by atoms with E-state index in [4.69, 9.17) is 18.9 Å². The van der Waals surface area contributed by atoms with Crippen molar-refractivity contribution in [1.82, 2.24) is 9.80 Å². The molecule has 2 heterocycles. The minimum absolute atomic E-state index is 0.103. The molecule has 0 aromatic heterocycles. The lowest BCUT2D eigenvalue weighted by Crippen LogP contribution is -2.76. The van der Waals surface area contributed by atoms with E-state index in [9.17, 15) is 10.5 Å². The minimum atomic E-state index is -1.22. The van der Waals surface area contributed by atoms with E-state index >= 15 is 0 Å². The fourth-order valence-electron chi connectivity index (χ4n) is 3.87. The fourth-order valence-corrected chi connectivity index (χ4v) is 3.87. The monoisotopic (exact) mass is 422 g/mol. The van der Waals surface area contributed by atoms with Gasteiger partial charge in [0.2, 0.25) is 0 Å². The van der Waals surface area contributed by atoms with Crippen molar-refractivity contribution in [2.75, 3.05) is 65.8 Å². The first-order valence-electron chi connectivity index (χ1n) is 10.8. The topological polar surface area (TPSA) is 91.0 Å². The smallest absolute Gasteiger partial charge is 0.167 e. The lowest BCUT2D eigenvalue weighted by molar-refractivity contribution is -0.158. The summed E-state index contributed by atoms with van der Waals surface area (Å²) in [7, 11) is 0. The normalized spacial score (nSPS) is 23.7. The van der Waals surface area contributed by atoms with Gasteiger partial charge in [-0.05, 0) is 41.5 Å². The van der Waals surface area contributed by atoms with E-state index in [2.05, 4.69) is 21.9 Å². The molecule has 0 aliphatic carbocycles. The molecule has 0 aromatic rings. The summed E-state index contributed by atoms with van der Waals surface area (Å²) in [6, 6.07) is 5.09. The van der Waals surface area contributed by atoms with Crippen molar-refractivity contribution in [2.45, 2.75) is 63.8 Å². The van der Waals surface area contributed by atoms with Gasteiger partial charge in [-0.15, -0.1) is 0 Å². The molecule has 0 spiro atoms. The van der Waals surface area contributed by atoms with Crippen molar-refractivity contribution >= 4 is 0 Å². The number of ether oxygens (including phenoxy) is 4. The molecule has 0 aromatic carbocycles. The summed E-state index contributed by atoms with van der Waals surface area (Å²) in [4.78, 5) is 4.12. The third kappa shape index (κ3) is 5.70. The Labute approximate surface area is 181 Å². The SMILES string of the molecule is CC(C)(C)OCC(C#N)(N1CCOCC1)C(C#N)(COC(C)(C)C)N1CCOCC1.